The van der Waals surface area contributed by atoms with Crippen molar-refractivity contribution >= 4 is 17.7 Å². The lowest BCUT2D eigenvalue weighted by Gasteiger charge is -2.02. The number of amides is 1. The van der Waals surface area contributed by atoms with Gasteiger partial charge in [-0.3, -0.25) is 4.79 Å². The molecule has 0 radical (unpaired) electrons. The molecule has 1 atom stereocenters. The molecule has 7 heteroatoms. The molecule has 0 aliphatic carbocycles. The van der Waals surface area contributed by atoms with Gasteiger partial charge in [-0.05, 0) is 25.0 Å². The summed E-state index contributed by atoms with van der Waals surface area (Å²) in [5.41, 5.74) is 0. The second-order valence-corrected chi connectivity index (χ2v) is 5.48. The van der Waals surface area contributed by atoms with Gasteiger partial charge in [-0.25, -0.2) is 0 Å². The van der Waals surface area contributed by atoms with Gasteiger partial charge in [0.05, 0.1) is 12.3 Å². The van der Waals surface area contributed by atoms with Crippen LogP contribution < -0.4 is 5.32 Å². The molecule has 1 amide bonds. The van der Waals surface area contributed by atoms with Crippen LogP contribution in [0.3, 0.4) is 0 Å². The maximum absolute atomic E-state index is 11.5. The average molecular weight is 285 g/mol. The molecule has 1 aromatic rings. The summed E-state index contributed by atoms with van der Waals surface area (Å²) in [5, 5.41) is 6.62. The van der Waals surface area contributed by atoms with Crippen molar-refractivity contribution in [3.8, 4) is 0 Å². The lowest BCUT2D eigenvalue weighted by molar-refractivity contribution is -0.118. The minimum Gasteiger partial charge on any atom is -0.368 e. The molecule has 1 saturated heterocycles. The van der Waals surface area contributed by atoms with E-state index in [0.717, 1.165) is 31.6 Å². The third-order valence-corrected chi connectivity index (χ3v) is 3.88. The van der Waals surface area contributed by atoms with E-state index in [2.05, 4.69) is 22.4 Å². The fourth-order valence-corrected chi connectivity index (χ4v) is 2.50. The summed E-state index contributed by atoms with van der Waals surface area (Å²) >= 11 is 1.63. The molecule has 6 nitrogen and oxygen atoms in total. The number of ether oxygens (including phenoxy) is 1. The maximum Gasteiger partial charge on any atom is 0.255 e. The van der Waals surface area contributed by atoms with Crippen LogP contribution in [0.15, 0.2) is 4.52 Å². The molecule has 0 bridgehead atoms. The summed E-state index contributed by atoms with van der Waals surface area (Å²) in [5.74, 6) is 2.49. The number of carbonyl (C=O) groups is 1. The van der Waals surface area contributed by atoms with Crippen LogP contribution in [0.5, 0.6) is 0 Å². The van der Waals surface area contributed by atoms with E-state index >= 15 is 0 Å². The van der Waals surface area contributed by atoms with Crippen molar-refractivity contribution in [1.82, 2.24) is 15.5 Å². The largest absolute Gasteiger partial charge is 0.368 e. The van der Waals surface area contributed by atoms with E-state index in [9.17, 15) is 4.79 Å². The van der Waals surface area contributed by atoms with Crippen LogP contribution in [0, 0.1) is 0 Å². The van der Waals surface area contributed by atoms with Gasteiger partial charge in [0.15, 0.2) is 5.82 Å². The summed E-state index contributed by atoms with van der Waals surface area (Å²) in [6, 6.07) is 0. The quantitative estimate of drug-likeness (QED) is 0.768. The van der Waals surface area contributed by atoms with Crippen molar-refractivity contribution in [2.24, 2.45) is 0 Å². The van der Waals surface area contributed by atoms with E-state index in [0.29, 0.717) is 24.0 Å². The van der Waals surface area contributed by atoms with Crippen LogP contribution >= 0.6 is 11.8 Å². The lowest BCUT2D eigenvalue weighted by Crippen LogP contribution is -2.25. The molecule has 1 unspecified atom stereocenters. The molecular formula is C12H19N3O3S. The molecular weight excluding hydrogens is 266 g/mol. The van der Waals surface area contributed by atoms with E-state index in [1.807, 2.05) is 0 Å². The van der Waals surface area contributed by atoms with Gasteiger partial charge < -0.3 is 14.6 Å². The monoisotopic (exact) mass is 285 g/mol. The van der Waals surface area contributed by atoms with E-state index in [4.69, 9.17) is 9.26 Å². The third kappa shape index (κ3) is 4.50. The Morgan fingerprint density at radius 1 is 1.58 bits per heavy atom. The number of hydrogen-bond acceptors (Lipinski definition) is 6. The predicted octanol–water partition coefficient (Wildman–Crippen LogP) is 1.68. The molecule has 1 aliphatic rings. The van der Waals surface area contributed by atoms with Crippen molar-refractivity contribution in [3.05, 3.63) is 11.7 Å². The Labute approximate surface area is 116 Å². The summed E-state index contributed by atoms with van der Waals surface area (Å²) < 4.78 is 10.6. The van der Waals surface area contributed by atoms with Gasteiger partial charge in [0.25, 0.3) is 5.89 Å². The molecule has 1 fully saturated rings. The maximum atomic E-state index is 11.5. The minimum absolute atomic E-state index is 0.00177. The standard InChI is InChI=1S/C12H19N3O3S/c1-2-6-19-8-11(16)13-7-10-14-12(18-15-10)9-4-3-5-17-9/h9H,2-8H2,1H3,(H,13,16). The van der Waals surface area contributed by atoms with Crippen LogP contribution in [0.4, 0.5) is 0 Å². The average Bonchev–Trinajstić information content (AvgIpc) is 3.07. The normalized spacial score (nSPS) is 18.7. The summed E-state index contributed by atoms with van der Waals surface area (Å²) in [7, 11) is 0. The number of carbonyl (C=O) groups excluding carboxylic acids is 1. The van der Waals surface area contributed by atoms with E-state index in [1.54, 1.807) is 11.8 Å². The van der Waals surface area contributed by atoms with Gasteiger partial charge in [0.2, 0.25) is 5.91 Å². The zero-order valence-electron chi connectivity index (χ0n) is 11.1. The van der Waals surface area contributed by atoms with Gasteiger partial charge >= 0.3 is 0 Å². The molecule has 2 heterocycles. The Morgan fingerprint density at radius 2 is 2.47 bits per heavy atom. The summed E-state index contributed by atoms with van der Waals surface area (Å²) in [6.45, 7) is 3.15. The highest BCUT2D eigenvalue weighted by Gasteiger charge is 2.23. The van der Waals surface area contributed by atoms with Crippen molar-refractivity contribution in [1.29, 1.82) is 0 Å². The smallest absolute Gasteiger partial charge is 0.255 e. The number of aromatic nitrogens is 2. The Morgan fingerprint density at radius 3 is 3.21 bits per heavy atom. The molecule has 1 aromatic heterocycles. The zero-order chi connectivity index (χ0) is 13.5. The second kappa shape index (κ2) is 7.49. The summed E-state index contributed by atoms with van der Waals surface area (Å²) in [6.07, 6.45) is 2.94. The molecule has 19 heavy (non-hydrogen) atoms. The SMILES string of the molecule is CCCSCC(=O)NCc1noc(C2CCCO2)n1. The summed E-state index contributed by atoms with van der Waals surface area (Å²) in [4.78, 5) is 15.7. The second-order valence-electron chi connectivity index (χ2n) is 4.38. The van der Waals surface area contributed by atoms with E-state index < -0.39 is 0 Å². The molecule has 0 spiro atoms. The van der Waals surface area contributed by atoms with Crippen LogP contribution in [-0.4, -0.2) is 34.2 Å². The van der Waals surface area contributed by atoms with E-state index in [1.165, 1.54) is 0 Å². The Kier molecular flexibility index (Phi) is 5.65. The minimum atomic E-state index is -0.0722. The van der Waals surface area contributed by atoms with Gasteiger partial charge in [-0.1, -0.05) is 12.1 Å². The van der Waals surface area contributed by atoms with Gasteiger partial charge in [0.1, 0.15) is 6.10 Å². The Balaban J connectivity index is 1.72. The highest BCUT2D eigenvalue weighted by Crippen LogP contribution is 2.26. The predicted molar refractivity (Wildman–Crippen MR) is 71.7 cm³/mol. The van der Waals surface area contributed by atoms with Gasteiger partial charge in [0, 0.05) is 6.61 Å². The molecule has 1 N–H and O–H groups in total. The zero-order valence-corrected chi connectivity index (χ0v) is 11.9. The van der Waals surface area contributed by atoms with Crippen LogP contribution in [-0.2, 0) is 16.1 Å². The van der Waals surface area contributed by atoms with E-state index in [-0.39, 0.29) is 12.0 Å². The first-order valence-corrected chi connectivity index (χ1v) is 7.73. The number of rotatable bonds is 7. The lowest BCUT2D eigenvalue weighted by atomic mass is 10.2. The number of nitrogens with zero attached hydrogens (tertiary/aromatic N) is 2. The first-order valence-electron chi connectivity index (χ1n) is 6.58. The number of nitrogens with one attached hydrogen (secondary N) is 1. The van der Waals surface area contributed by atoms with Crippen molar-refractivity contribution < 1.29 is 14.1 Å². The van der Waals surface area contributed by atoms with Gasteiger partial charge in [-0.15, -0.1) is 0 Å². The topological polar surface area (TPSA) is 77.2 Å². The first-order chi connectivity index (χ1) is 9.29. The molecule has 0 aromatic carbocycles. The van der Waals surface area contributed by atoms with Crippen molar-refractivity contribution in [2.75, 3.05) is 18.1 Å². The highest BCUT2D eigenvalue weighted by atomic mass is 32.2. The Bertz CT molecular complexity index is 405. The fourth-order valence-electron chi connectivity index (χ4n) is 1.78. The Hall–Kier alpha value is -1.08. The number of hydrogen-bond donors (Lipinski definition) is 1. The van der Waals surface area contributed by atoms with Crippen LogP contribution in [0.2, 0.25) is 0 Å². The number of thioether (sulfide) groups is 1. The molecule has 2 rings (SSSR count). The molecule has 106 valence electrons. The molecule has 0 saturated carbocycles. The van der Waals surface area contributed by atoms with Crippen LogP contribution in [0.1, 0.15) is 44.0 Å². The van der Waals surface area contributed by atoms with Crippen molar-refractivity contribution in [3.63, 3.8) is 0 Å². The van der Waals surface area contributed by atoms with Crippen LogP contribution in [0.25, 0.3) is 0 Å². The first kappa shape index (κ1) is 14.3. The third-order valence-electron chi connectivity index (χ3n) is 2.71. The van der Waals surface area contributed by atoms with Crippen molar-refractivity contribution in [2.45, 2.75) is 38.8 Å². The van der Waals surface area contributed by atoms with Gasteiger partial charge in [-0.2, -0.15) is 16.7 Å². The fraction of sp³-hybridized carbons (Fsp3) is 0.750. The highest BCUT2D eigenvalue weighted by molar-refractivity contribution is 7.99. The molecule has 1 aliphatic heterocycles.